The number of hydrogen-bond acceptors (Lipinski definition) is 14. The first-order chi connectivity index (χ1) is 21.2. The molecular formula is C27H43N7O11S2. The van der Waals surface area contributed by atoms with Gasteiger partial charge in [0.05, 0.1) is 6.04 Å². The second-order valence-electron chi connectivity index (χ2n) is 13.7. The molecule has 18 nitrogen and oxygen atoms in total. The van der Waals surface area contributed by atoms with Gasteiger partial charge in [0, 0.05) is 11.9 Å². The van der Waals surface area contributed by atoms with Gasteiger partial charge in [-0.3, -0.25) is 14.9 Å². The predicted octanol–water partition coefficient (Wildman–Crippen LogP) is 1.67. The SMILES string of the molecule is CC(C)(C)OC(=O)Nc1nc(C(=NOC(C)(C)C(=O)OC(C)(C)C)C(=O)NC2C(=O)NC2CNS(=O)(=O)NC(=O)OC(C)(C)C)cs1. The van der Waals surface area contributed by atoms with Gasteiger partial charge in [-0.15, -0.1) is 11.3 Å². The maximum absolute atomic E-state index is 13.5. The highest BCUT2D eigenvalue weighted by atomic mass is 32.2. The zero-order valence-corrected chi connectivity index (χ0v) is 29.8. The van der Waals surface area contributed by atoms with Crippen LogP contribution in [0, 0.1) is 0 Å². The molecule has 1 aromatic heterocycles. The molecule has 5 N–H and O–H groups in total. The summed E-state index contributed by atoms with van der Waals surface area (Å²) >= 11 is 0.924. The molecule has 2 unspecified atom stereocenters. The summed E-state index contributed by atoms with van der Waals surface area (Å²) in [5.74, 6) is -2.42. The fraction of sp³-hybridized carbons (Fsp3) is 0.667. The van der Waals surface area contributed by atoms with Gasteiger partial charge in [-0.05, 0) is 76.2 Å². The van der Waals surface area contributed by atoms with Gasteiger partial charge < -0.3 is 29.7 Å². The maximum Gasteiger partial charge on any atom is 0.422 e. The molecule has 1 aromatic rings. The lowest BCUT2D eigenvalue weighted by Crippen LogP contribution is -2.72. The third-order valence-electron chi connectivity index (χ3n) is 5.23. The van der Waals surface area contributed by atoms with E-state index in [0.717, 1.165) is 11.3 Å². The fourth-order valence-electron chi connectivity index (χ4n) is 3.26. The number of anilines is 1. The van der Waals surface area contributed by atoms with Crippen LogP contribution in [0.4, 0.5) is 14.7 Å². The summed E-state index contributed by atoms with van der Waals surface area (Å²) in [6.45, 7) is 16.9. The molecule has 0 radical (unpaired) electrons. The highest BCUT2D eigenvalue weighted by molar-refractivity contribution is 7.88. The fourth-order valence-corrected chi connectivity index (χ4v) is 4.68. The minimum absolute atomic E-state index is 0.0345. The molecule has 47 heavy (non-hydrogen) atoms. The van der Waals surface area contributed by atoms with E-state index in [4.69, 9.17) is 19.0 Å². The number of ether oxygens (including phenoxy) is 3. The third-order valence-corrected chi connectivity index (χ3v) is 6.97. The van der Waals surface area contributed by atoms with Crippen molar-refractivity contribution in [1.29, 1.82) is 0 Å². The number of carbonyl (C=O) groups is 5. The van der Waals surface area contributed by atoms with Crippen LogP contribution in [-0.4, -0.2) is 90.1 Å². The first-order valence-electron chi connectivity index (χ1n) is 14.2. The van der Waals surface area contributed by atoms with Crippen molar-refractivity contribution < 1.29 is 51.4 Å². The Labute approximate surface area is 277 Å². The van der Waals surface area contributed by atoms with E-state index in [1.54, 1.807) is 67.0 Å². The van der Waals surface area contributed by atoms with Crippen molar-refractivity contribution >= 4 is 62.4 Å². The molecule has 4 amide bonds. The Balaban J connectivity index is 2.26. The summed E-state index contributed by atoms with van der Waals surface area (Å²) in [4.78, 5) is 72.3. The molecule has 1 aliphatic rings. The lowest BCUT2D eigenvalue weighted by atomic mass is 9.99. The van der Waals surface area contributed by atoms with Crippen LogP contribution in [0.25, 0.3) is 0 Å². The second-order valence-corrected chi connectivity index (χ2v) is 16.1. The molecule has 0 aromatic carbocycles. The van der Waals surface area contributed by atoms with E-state index in [2.05, 4.69) is 30.8 Å². The number of oxime groups is 1. The van der Waals surface area contributed by atoms with Gasteiger partial charge in [-0.1, -0.05) is 5.16 Å². The molecule has 0 saturated carbocycles. The number of carbonyl (C=O) groups excluding carboxylic acids is 5. The first-order valence-corrected chi connectivity index (χ1v) is 16.6. The summed E-state index contributed by atoms with van der Waals surface area (Å²) < 4.78 is 43.9. The summed E-state index contributed by atoms with van der Waals surface area (Å²) in [5.41, 5.74) is -4.86. The zero-order valence-electron chi connectivity index (χ0n) is 28.1. The van der Waals surface area contributed by atoms with Crippen molar-refractivity contribution in [3.05, 3.63) is 11.1 Å². The number of nitrogens with one attached hydrogen (secondary N) is 5. The number of esters is 1. The van der Waals surface area contributed by atoms with Crippen molar-refractivity contribution in [3.63, 3.8) is 0 Å². The van der Waals surface area contributed by atoms with Gasteiger partial charge in [-0.25, -0.2) is 24.1 Å². The summed E-state index contributed by atoms with van der Waals surface area (Å²) in [7, 11) is -4.40. The average molecular weight is 706 g/mol. The highest BCUT2D eigenvalue weighted by Gasteiger charge is 2.42. The second kappa shape index (κ2) is 14.4. The van der Waals surface area contributed by atoms with Gasteiger partial charge in [0.2, 0.25) is 11.5 Å². The quantitative estimate of drug-likeness (QED) is 0.0726. The molecule has 264 valence electrons. The van der Waals surface area contributed by atoms with Gasteiger partial charge in [0.15, 0.2) is 10.8 Å². The molecule has 0 spiro atoms. The van der Waals surface area contributed by atoms with Crippen LogP contribution in [0.3, 0.4) is 0 Å². The lowest BCUT2D eigenvalue weighted by Gasteiger charge is -2.37. The molecule has 1 saturated heterocycles. The Morgan fingerprint density at radius 1 is 0.915 bits per heavy atom. The van der Waals surface area contributed by atoms with Crippen LogP contribution in [0.5, 0.6) is 0 Å². The number of β-lactam (4-membered cyclic amide) rings is 1. The molecule has 2 heterocycles. The average Bonchev–Trinajstić information content (AvgIpc) is 3.28. The van der Waals surface area contributed by atoms with Crippen LogP contribution in [0.15, 0.2) is 10.5 Å². The topological polar surface area (TPSA) is 242 Å². The van der Waals surface area contributed by atoms with Crippen LogP contribution in [0.2, 0.25) is 0 Å². The monoisotopic (exact) mass is 705 g/mol. The molecule has 0 bridgehead atoms. The number of thiazole rings is 1. The summed E-state index contributed by atoms with van der Waals surface area (Å²) in [6, 6.07) is -2.20. The molecule has 20 heteroatoms. The van der Waals surface area contributed by atoms with Gasteiger partial charge in [0.1, 0.15) is 28.5 Å². The van der Waals surface area contributed by atoms with Crippen molar-refractivity contribution in [2.24, 2.45) is 5.16 Å². The smallest absolute Gasteiger partial charge is 0.422 e. The first kappa shape index (κ1) is 39.1. The number of hydrogen-bond donors (Lipinski definition) is 5. The Morgan fingerprint density at radius 3 is 2.00 bits per heavy atom. The number of rotatable bonds is 11. The van der Waals surface area contributed by atoms with Crippen LogP contribution >= 0.6 is 11.3 Å². The van der Waals surface area contributed by atoms with E-state index in [0.29, 0.717) is 0 Å². The Kier molecular flexibility index (Phi) is 12.0. The highest BCUT2D eigenvalue weighted by Crippen LogP contribution is 2.21. The number of nitrogens with zero attached hydrogens (tertiary/aromatic N) is 2. The van der Waals surface area contributed by atoms with E-state index >= 15 is 0 Å². The van der Waals surface area contributed by atoms with Crippen LogP contribution in [0.1, 0.15) is 81.9 Å². The minimum Gasteiger partial charge on any atom is -0.457 e. The van der Waals surface area contributed by atoms with E-state index < -0.39 is 86.9 Å². The lowest BCUT2D eigenvalue weighted by molar-refractivity contribution is -0.179. The molecule has 0 aliphatic carbocycles. The zero-order chi connectivity index (χ0) is 36.2. The van der Waals surface area contributed by atoms with Gasteiger partial charge in [0.25, 0.3) is 5.91 Å². The third kappa shape index (κ3) is 13.3. The largest absolute Gasteiger partial charge is 0.457 e. The Hall–Kier alpha value is -4.04. The minimum atomic E-state index is -4.40. The standard InChI is InChI=1S/C27H43N7O11S2/c1-24(2,3)42-20(37)27(10,11)45-33-17(15-13-46-21(30-15)32-22(38)43-25(4,5)6)19(36)31-16-14(29-18(16)35)12-28-47(40,41)34-23(39)44-26(7,8)9/h13-14,16,28H,12H2,1-11H3,(H,29,35)(H,31,36)(H,34,39)(H,30,32,38). The van der Waals surface area contributed by atoms with Gasteiger partial charge >= 0.3 is 28.4 Å². The maximum atomic E-state index is 13.5. The molecule has 2 rings (SSSR count). The summed E-state index contributed by atoms with van der Waals surface area (Å²) in [6.07, 6.45) is -2.02. The van der Waals surface area contributed by atoms with E-state index in [9.17, 15) is 32.4 Å². The van der Waals surface area contributed by atoms with Crippen molar-refractivity contribution in [2.45, 2.75) is 111 Å². The van der Waals surface area contributed by atoms with Crippen molar-refractivity contribution in [1.82, 2.24) is 25.1 Å². The van der Waals surface area contributed by atoms with Crippen molar-refractivity contribution in [2.75, 3.05) is 11.9 Å². The molecule has 2 atom stereocenters. The normalized spacial score (nSPS) is 17.4. The Morgan fingerprint density at radius 2 is 1.47 bits per heavy atom. The number of amides is 4. The molecule has 1 aliphatic heterocycles. The number of aromatic nitrogens is 1. The van der Waals surface area contributed by atoms with E-state index in [1.165, 1.54) is 19.2 Å². The Bertz CT molecular complexity index is 1500. The van der Waals surface area contributed by atoms with Gasteiger partial charge in [-0.2, -0.15) is 13.1 Å². The van der Waals surface area contributed by atoms with Crippen LogP contribution in [-0.2, 0) is 43.6 Å². The predicted molar refractivity (Wildman–Crippen MR) is 170 cm³/mol. The molecule has 1 fully saturated rings. The molecular weight excluding hydrogens is 662 g/mol. The summed E-state index contributed by atoms with van der Waals surface area (Å²) in [5, 5.41) is 12.6. The van der Waals surface area contributed by atoms with E-state index in [-0.39, 0.29) is 10.8 Å². The van der Waals surface area contributed by atoms with Crippen molar-refractivity contribution in [3.8, 4) is 0 Å². The van der Waals surface area contributed by atoms with Crippen LogP contribution < -0.4 is 25.4 Å². The van der Waals surface area contributed by atoms with E-state index in [1.807, 2.05) is 0 Å².